The van der Waals surface area contributed by atoms with E-state index in [-0.39, 0.29) is 18.5 Å². The van der Waals surface area contributed by atoms with Gasteiger partial charge in [-0.05, 0) is 44.4 Å². The molecule has 0 aliphatic rings. The highest BCUT2D eigenvalue weighted by Gasteiger charge is 2.18. The lowest BCUT2D eigenvalue weighted by molar-refractivity contribution is -0.137. The van der Waals surface area contributed by atoms with Gasteiger partial charge in [0.2, 0.25) is 0 Å². The van der Waals surface area contributed by atoms with E-state index in [2.05, 4.69) is 5.32 Å². The topological polar surface area (TPSA) is 78.9 Å². The van der Waals surface area contributed by atoms with Gasteiger partial charge in [-0.25, -0.2) is 4.79 Å². The monoisotopic (exact) mass is 322 g/mol. The maximum Gasteiger partial charge on any atom is 0.317 e. The van der Waals surface area contributed by atoms with Crippen molar-refractivity contribution in [2.75, 3.05) is 20.2 Å². The fourth-order valence-corrected chi connectivity index (χ4v) is 2.40. The highest BCUT2D eigenvalue weighted by Crippen LogP contribution is 2.14. The Morgan fingerprint density at radius 2 is 1.96 bits per heavy atom. The Kier molecular flexibility index (Phi) is 7.94. The molecule has 2 N–H and O–H groups in total. The van der Waals surface area contributed by atoms with Crippen molar-refractivity contribution < 1.29 is 19.4 Å². The molecule has 0 bridgehead atoms. The molecule has 1 aromatic carbocycles. The summed E-state index contributed by atoms with van der Waals surface area (Å²) in [4.78, 5) is 24.4. The molecule has 23 heavy (non-hydrogen) atoms. The summed E-state index contributed by atoms with van der Waals surface area (Å²) in [6.45, 7) is 4.91. The number of carboxylic acids is 1. The number of amides is 2. The van der Waals surface area contributed by atoms with Crippen LogP contribution in [0.25, 0.3) is 0 Å². The minimum absolute atomic E-state index is 0.0490. The van der Waals surface area contributed by atoms with Crippen molar-refractivity contribution in [2.24, 2.45) is 0 Å². The average molecular weight is 322 g/mol. The maximum atomic E-state index is 12.2. The third kappa shape index (κ3) is 6.59. The molecular weight excluding hydrogens is 296 g/mol. The number of benzene rings is 1. The molecule has 0 saturated heterocycles. The van der Waals surface area contributed by atoms with Crippen LogP contribution in [0.15, 0.2) is 24.3 Å². The van der Waals surface area contributed by atoms with Crippen LogP contribution in [0, 0.1) is 0 Å². The van der Waals surface area contributed by atoms with E-state index in [1.54, 1.807) is 12.0 Å². The predicted molar refractivity (Wildman–Crippen MR) is 88.8 cm³/mol. The number of methoxy groups -OCH3 is 1. The number of rotatable bonds is 9. The average Bonchev–Trinajstić information content (AvgIpc) is 2.52. The molecule has 0 spiro atoms. The number of nitrogens with one attached hydrogen (secondary N) is 1. The summed E-state index contributed by atoms with van der Waals surface area (Å²) in [6.07, 6.45) is 1.25. The summed E-state index contributed by atoms with van der Waals surface area (Å²) in [7, 11) is 1.63. The third-order valence-electron chi connectivity index (χ3n) is 3.67. The minimum atomic E-state index is -0.848. The van der Waals surface area contributed by atoms with Crippen molar-refractivity contribution in [2.45, 2.75) is 39.2 Å². The number of carbonyl (C=O) groups excluding carboxylic acids is 1. The minimum Gasteiger partial charge on any atom is -0.497 e. The van der Waals surface area contributed by atoms with Gasteiger partial charge in [0.05, 0.1) is 7.11 Å². The fraction of sp³-hybridized carbons (Fsp3) is 0.529. The molecule has 0 aliphatic carbocycles. The molecule has 128 valence electrons. The van der Waals surface area contributed by atoms with Crippen molar-refractivity contribution >= 4 is 12.0 Å². The Morgan fingerprint density at radius 3 is 2.48 bits per heavy atom. The van der Waals surface area contributed by atoms with Crippen LogP contribution < -0.4 is 10.1 Å². The number of carboxylic acid groups (broad SMARTS) is 1. The number of aliphatic carboxylic acids is 1. The summed E-state index contributed by atoms with van der Waals surface area (Å²) in [5.41, 5.74) is 1.13. The quantitative estimate of drug-likeness (QED) is 0.685. The molecule has 6 heteroatoms. The molecular formula is C17H26N2O4. The summed E-state index contributed by atoms with van der Waals surface area (Å²) in [5.74, 6) is -0.0376. The smallest absolute Gasteiger partial charge is 0.317 e. The first kappa shape index (κ1) is 18.8. The van der Waals surface area contributed by atoms with Gasteiger partial charge in [-0.1, -0.05) is 12.1 Å². The highest BCUT2D eigenvalue weighted by molar-refractivity contribution is 5.74. The Morgan fingerprint density at radius 1 is 1.30 bits per heavy atom. The van der Waals surface area contributed by atoms with Crippen LogP contribution in [0.3, 0.4) is 0 Å². The molecule has 6 nitrogen and oxygen atoms in total. The molecule has 1 unspecified atom stereocenters. The molecule has 0 aromatic heterocycles. The number of nitrogens with zero attached hydrogens (tertiary/aromatic N) is 1. The van der Waals surface area contributed by atoms with E-state index in [0.717, 1.165) is 17.7 Å². The van der Waals surface area contributed by atoms with Crippen LogP contribution in [0.1, 0.15) is 32.3 Å². The zero-order chi connectivity index (χ0) is 17.2. The molecule has 0 fully saturated rings. The van der Waals surface area contributed by atoms with Crippen molar-refractivity contribution in [3.63, 3.8) is 0 Å². The Hall–Kier alpha value is -2.24. The summed E-state index contributed by atoms with van der Waals surface area (Å²) >= 11 is 0. The first-order valence-electron chi connectivity index (χ1n) is 7.87. The Balaban J connectivity index is 2.50. The van der Waals surface area contributed by atoms with E-state index in [4.69, 9.17) is 9.84 Å². The lowest BCUT2D eigenvalue weighted by atomic mass is 10.1. The normalized spacial score (nSPS) is 11.6. The first-order chi connectivity index (χ1) is 11.0. The van der Waals surface area contributed by atoms with Gasteiger partial charge in [0, 0.05) is 25.6 Å². The molecule has 1 atom stereocenters. The lowest BCUT2D eigenvalue weighted by Gasteiger charge is -2.28. The molecule has 0 radical (unpaired) electrons. The second kappa shape index (κ2) is 9.71. The van der Waals surface area contributed by atoms with Gasteiger partial charge in [0.15, 0.2) is 0 Å². The van der Waals surface area contributed by atoms with Gasteiger partial charge in [0.1, 0.15) is 5.75 Å². The molecule has 0 heterocycles. The summed E-state index contributed by atoms with van der Waals surface area (Å²) in [6, 6.07) is 7.70. The van der Waals surface area contributed by atoms with Gasteiger partial charge in [-0.15, -0.1) is 0 Å². The fourth-order valence-electron chi connectivity index (χ4n) is 2.40. The van der Waals surface area contributed by atoms with Crippen molar-refractivity contribution in [3.05, 3.63) is 29.8 Å². The first-order valence-corrected chi connectivity index (χ1v) is 7.87. The summed E-state index contributed by atoms with van der Waals surface area (Å²) < 4.78 is 5.14. The van der Waals surface area contributed by atoms with Crippen LogP contribution >= 0.6 is 0 Å². The van der Waals surface area contributed by atoms with E-state index in [0.29, 0.717) is 19.5 Å². The van der Waals surface area contributed by atoms with E-state index < -0.39 is 5.97 Å². The SMILES string of the molecule is CCN(C(=O)NCCCC(=O)O)C(C)Cc1ccc(OC)cc1. The predicted octanol–water partition coefficient (Wildman–Crippen LogP) is 2.52. The van der Waals surface area contributed by atoms with Crippen molar-refractivity contribution in [3.8, 4) is 5.75 Å². The molecule has 0 saturated carbocycles. The van der Waals surface area contributed by atoms with Gasteiger partial charge < -0.3 is 20.1 Å². The largest absolute Gasteiger partial charge is 0.497 e. The van der Waals surface area contributed by atoms with Crippen LogP contribution in [0.2, 0.25) is 0 Å². The number of hydrogen-bond donors (Lipinski definition) is 2. The number of carbonyl (C=O) groups is 2. The van der Waals surface area contributed by atoms with E-state index in [9.17, 15) is 9.59 Å². The van der Waals surface area contributed by atoms with E-state index >= 15 is 0 Å². The zero-order valence-electron chi connectivity index (χ0n) is 14.0. The van der Waals surface area contributed by atoms with Gasteiger partial charge >= 0.3 is 12.0 Å². The van der Waals surface area contributed by atoms with Gasteiger partial charge in [0.25, 0.3) is 0 Å². The van der Waals surface area contributed by atoms with Crippen molar-refractivity contribution in [1.29, 1.82) is 0 Å². The molecule has 1 rings (SSSR count). The number of hydrogen-bond acceptors (Lipinski definition) is 3. The highest BCUT2D eigenvalue weighted by atomic mass is 16.5. The van der Waals surface area contributed by atoms with Gasteiger partial charge in [-0.3, -0.25) is 4.79 Å². The Labute approximate surface area is 137 Å². The Bertz CT molecular complexity index is 502. The van der Waals surface area contributed by atoms with E-state index in [1.165, 1.54) is 0 Å². The number of urea groups is 1. The third-order valence-corrected chi connectivity index (χ3v) is 3.67. The van der Waals surface area contributed by atoms with Crippen LogP contribution in [-0.2, 0) is 11.2 Å². The standard InChI is InChI=1S/C17H26N2O4/c1-4-19(17(22)18-11-5-6-16(20)21)13(2)12-14-7-9-15(23-3)10-8-14/h7-10,13H,4-6,11-12H2,1-3H3,(H,18,22)(H,20,21). The van der Waals surface area contributed by atoms with Crippen LogP contribution in [-0.4, -0.2) is 48.2 Å². The molecule has 1 aromatic rings. The van der Waals surface area contributed by atoms with E-state index in [1.807, 2.05) is 38.1 Å². The van der Waals surface area contributed by atoms with Gasteiger partial charge in [-0.2, -0.15) is 0 Å². The molecule has 0 aliphatic heterocycles. The number of likely N-dealkylation sites (N-methyl/N-ethyl adjacent to an activating group) is 1. The second-order valence-corrected chi connectivity index (χ2v) is 5.42. The van der Waals surface area contributed by atoms with Crippen LogP contribution in [0.5, 0.6) is 5.75 Å². The number of ether oxygens (including phenoxy) is 1. The van der Waals surface area contributed by atoms with Crippen molar-refractivity contribution in [1.82, 2.24) is 10.2 Å². The summed E-state index contributed by atoms with van der Waals surface area (Å²) in [5, 5.41) is 11.4. The second-order valence-electron chi connectivity index (χ2n) is 5.42. The molecule has 2 amide bonds. The zero-order valence-corrected chi connectivity index (χ0v) is 14.0. The lowest BCUT2D eigenvalue weighted by Crippen LogP contribution is -2.46. The maximum absolute atomic E-state index is 12.2. The van der Waals surface area contributed by atoms with Crippen LogP contribution in [0.4, 0.5) is 4.79 Å².